The van der Waals surface area contributed by atoms with E-state index in [-0.39, 0.29) is 22.8 Å². The zero-order valence-electron chi connectivity index (χ0n) is 10.6. The lowest BCUT2D eigenvalue weighted by molar-refractivity contribution is -0.134. The molecule has 0 unspecified atom stereocenters. The second-order valence-electron chi connectivity index (χ2n) is 6.52. The molecule has 0 saturated carbocycles. The SMILES string of the molecule is CC1(C)CCN(C(=O)[C@H](N)C(C)(C)C)C1. The molecular weight excluding hydrogens is 188 g/mol. The first-order valence-electron chi connectivity index (χ1n) is 5.68. The summed E-state index contributed by atoms with van der Waals surface area (Å²) >= 11 is 0. The van der Waals surface area contributed by atoms with Crippen molar-refractivity contribution in [3.63, 3.8) is 0 Å². The summed E-state index contributed by atoms with van der Waals surface area (Å²) in [7, 11) is 0. The van der Waals surface area contributed by atoms with Crippen LogP contribution in [0.2, 0.25) is 0 Å². The highest BCUT2D eigenvalue weighted by Crippen LogP contribution is 2.30. The number of hydrogen-bond acceptors (Lipinski definition) is 2. The van der Waals surface area contributed by atoms with E-state index in [2.05, 4.69) is 13.8 Å². The van der Waals surface area contributed by atoms with E-state index in [9.17, 15) is 4.79 Å². The Morgan fingerprint density at radius 1 is 1.40 bits per heavy atom. The van der Waals surface area contributed by atoms with Crippen LogP contribution in [-0.2, 0) is 4.79 Å². The molecule has 15 heavy (non-hydrogen) atoms. The molecule has 0 spiro atoms. The number of likely N-dealkylation sites (tertiary alicyclic amines) is 1. The molecule has 0 radical (unpaired) electrons. The fourth-order valence-electron chi connectivity index (χ4n) is 1.87. The van der Waals surface area contributed by atoms with Crippen LogP contribution in [0.5, 0.6) is 0 Å². The summed E-state index contributed by atoms with van der Waals surface area (Å²) in [6.45, 7) is 12.1. The molecule has 0 bridgehead atoms. The van der Waals surface area contributed by atoms with Crippen LogP contribution in [0.3, 0.4) is 0 Å². The second-order valence-corrected chi connectivity index (χ2v) is 6.52. The standard InChI is InChI=1S/C12H24N2O/c1-11(2,3)9(13)10(15)14-7-6-12(4,5)8-14/h9H,6-8,13H2,1-5H3/t9-/m0/s1. The van der Waals surface area contributed by atoms with Gasteiger partial charge in [0.2, 0.25) is 5.91 Å². The minimum absolute atomic E-state index is 0.105. The molecule has 1 saturated heterocycles. The number of amides is 1. The molecule has 3 heteroatoms. The van der Waals surface area contributed by atoms with Crippen LogP contribution in [0.25, 0.3) is 0 Å². The molecule has 2 N–H and O–H groups in total. The van der Waals surface area contributed by atoms with Gasteiger partial charge in [0.05, 0.1) is 6.04 Å². The first-order chi connectivity index (χ1) is 6.63. The van der Waals surface area contributed by atoms with Crippen molar-refractivity contribution in [3.05, 3.63) is 0 Å². The summed E-state index contributed by atoms with van der Waals surface area (Å²) in [5, 5.41) is 0. The summed E-state index contributed by atoms with van der Waals surface area (Å²) in [6.07, 6.45) is 1.08. The number of carbonyl (C=O) groups excluding carboxylic acids is 1. The highest BCUT2D eigenvalue weighted by atomic mass is 16.2. The Morgan fingerprint density at radius 3 is 2.27 bits per heavy atom. The topological polar surface area (TPSA) is 46.3 Å². The first-order valence-corrected chi connectivity index (χ1v) is 5.68. The number of carbonyl (C=O) groups is 1. The molecule has 1 amide bonds. The Morgan fingerprint density at radius 2 is 1.93 bits per heavy atom. The van der Waals surface area contributed by atoms with Crippen LogP contribution < -0.4 is 5.73 Å². The number of rotatable bonds is 1. The quantitative estimate of drug-likeness (QED) is 0.718. The van der Waals surface area contributed by atoms with E-state index in [0.717, 1.165) is 19.5 Å². The first kappa shape index (κ1) is 12.5. The third-order valence-electron chi connectivity index (χ3n) is 3.19. The molecule has 0 aromatic rings. The molecule has 88 valence electrons. The van der Waals surface area contributed by atoms with Gasteiger partial charge in [0.1, 0.15) is 0 Å². The van der Waals surface area contributed by atoms with Crippen LogP contribution in [0.4, 0.5) is 0 Å². The predicted octanol–water partition coefficient (Wildman–Crippen LogP) is 1.62. The molecule has 1 fully saturated rings. The third kappa shape index (κ3) is 2.94. The number of nitrogens with zero attached hydrogens (tertiary/aromatic N) is 1. The summed E-state index contributed by atoms with van der Waals surface area (Å²) in [4.78, 5) is 14.0. The molecule has 0 aliphatic carbocycles. The second kappa shape index (κ2) is 3.78. The van der Waals surface area contributed by atoms with Crippen LogP contribution in [0, 0.1) is 10.8 Å². The van der Waals surface area contributed by atoms with E-state index in [1.54, 1.807) is 0 Å². The lowest BCUT2D eigenvalue weighted by Crippen LogP contribution is -2.50. The van der Waals surface area contributed by atoms with Gasteiger partial charge in [-0.05, 0) is 17.3 Å². The Bertz CT molecular complexity index is 253. The summed E-state index contributed by atoms with van der Waals surface area (Å²) in [5.74, 6) is 0.105. The molecule has 0 aromatic heterocycles. The van der Waals surface area contributed by atoms with Gasteiger partial charge in [0, 0.05) is 13.1 Å². The maximum Gasteiger partial charge on any atom is 0.240 e. The van der Waals surface area contributed by atoms with Crippen LogP contribution in [0.15, 0.2) is 0 Å². The Hall–Kier alpha value is -0.570. The number of hydrogen-bond donors (Lipinski definition) is 1. The predicted molar refractivity (Wildman–Crippen MR) is 62.4 cm³/mol. The molecule has 3 nitrogen and oxygen atoms in total. The van der Waals surface area contributed by atoms with Gasteiger partial charge in [-0.1, -0.05) is 34.6 Å². The monoisotopic (exact) mass is 212 g/mol. The van der Waals surface area contributed by atoms with Crippen molar-refractivity contribution >= 4 is 5.91 Å². The van der Waals surface area contributed by atoms with Crippen LogP contribution in [-0.4, -0.2) is 29.9 Å². The van der Waals surface area contributed by atoms with Crippen molar-refractivity contribution < 1.29 is 4.79 Å². The van der Waals surface area contributed by atoms with Crippen molar-refractivity contribution in [1.29, 1.82) is 0 Å². The minimum Gasteiger partial charge on any atom is -0.341 e. The van der Waals surface area contributed by atoms with Gasteiger partial charge in [-0.2, -0.15) is 0 Å². The fourth-order valence-corrected chi connectivity index (χ4v) is 1.87. The van der Waals surface area contributed by atoms with E-state index >= 15 is 0 Å². The van der Waals surface area contributed by atoms with Gasteiger partial charge in [-0.25, -0.2) is 0 Å². The van der Waals surface area contributed by atoms with Crippen LogP contribution in [0.1, 0.15) is 41.0 Å². The smallest absolute Gasteiger partial charge is 0.240 e. The summed E-state index contributed by atoms with van der Waals surface area (Å²) < 4.78 is 0. The lowest BCUT2D eigenvalue weighted by Gasteiger charge is -2.30. The van der Waals surface area contributed by atoms with Gasteiger partial charge in [-0.3, -0.25) is 4.79 Å². The Balaban J connectivity index is 2.64. The van der Waals surface area contributed by atoms with Gasteiger partial charge < -0.3 is 10.6 Å². The average Bonchev–Trinajstić information content (AvgIpc) is 2.42. The average molecular weight is 212 g/mol. The Labute approximate surface area is 93.0 Å². The van der Waals surface area contributed by atoms with E-state index in [1.807, 2.05) is 25.7 Å². The number of nitrogens with two attached hydrogens (primary N) is 1. The third-order valence-corrected chi connectivity index (χ3v) is 3.19. The van der Waals surface area contributed by atoms with Gasteiger partial charge in [0.25, 0.3) is 0 Å². The minimum atomic E-state index is -0.383. The maximum atomic E-state index is 12.1. The zero-order valence-corrected chi connectivity index (χ0v) is 10.6. The molecule has 1 rings (SSSR count). The molecular formula is C12H24N2O. The highest BCUT2D eigenvalue weighted by molar-refractivity contribution is 5.82. The largest absolute Gasteiger partial charge is 0.341 e. The van der Waals surface area contributed by atoms with Crippen molar-refractivity contribution in [2.24, 2.45) is 16.6 Å². The summed E-state index contributed by atoms with van der Waals surface area (Å²) in [5.41, 5.74) is 6.08. The van der Waals surface area contributed by atoms with Crippen molar-refractivity contribution in [3.8, 4) is 0 Å². The Kier molecular flexibility index (Phi) is 3.15. The molecule has 1 aliphatic heterocycles. The van der Waals surface area contributed by atoms with Crippen molar-refractivity contribution in [2.75, 3.05) is 13.1 Å². The maximum absolute atomic E-state index is 12.1. The van der Waals surface area contributed by atoms with E-state index in [1.165, 1.54) is 0 Å². The molecule has 1 atom stereocenters. The van der Waals surface area contributed by atoms with Crippen molar-refractivity contribution in [2.45, 2.75) is 47.1 Å². The van der Waals surface area contributed by atoms with Gasteiger partial charge >= 0.3 is 0 Å². The molecule has 1 heterocycles. The lowest BCUT2D eigenvalue weighted by atomic mass is 9.86. The van der Waals surface area contributed by atoms with Gasteiger partial charge in [-0.15, -0.1) is 0 Å². The normalized spacial score (nSPS) is 22.9. The molecule has 1 aliphatic rings. The fraction of sp³-hybridized carbons (Fsp3) is 0.917. The molecule has 0 aromatic carbocycles. The van der Waals surface area contributed by atoms with Crippen molar-refractivity contribution in [1.82, 2.24) is 4.90 Å². The van der Waals surface area contributed by atoms with Crippen LogP contribution >= 0.6 is 0 Å². The summed E-state index contributed by atoms with van der Waals surface area (Å²) in [6, 6.07) is -0.383. The van der Waals surface area contributed by atoms with E-state index < -0.39 is 0 Å². The highest BCUT2D eigenvalue weighted by Gasteiger charge is 2.37. The van der Waals surface area contributed by atoms with Gasteiger partial charge in [0.15, 0.2) is 0 Å². The van der Waals surface area contributed by atoms with E-state index in [4.69, 9.17) is 5.73 Å². The van der Waals surface area contributed by atoms with E-state index in [0.29, 0.717) is 0 Å². The zero-order chi connectivity index (χ0) is 11.9.